The van der Waals surface area contributed by atoms with Crippen LogP contribution >= 0.6 is 0 Å². The molecule has 3 nitrogen and oxygen atoms in total. The van der Waals surface area contributed by atoms with Gasteiger partial charge in [-0.05, 0) is 39.2 Å². The number of hydrogen-bond donors (Lipinski definition) is 0. The van der Waals surface area contributed by atoms with E-state index in [1.165, 1.54) is 6.07 Å². The van der Waals surface area contributed by atoms with Crippen molar-refractivity contribution in [2.75, 3.05) is 39.1 Å². The molecule has 1 aromatic rings. The number of benzene rings is 1. The van der Waals surface area contributed by atoms with Crippen molar-refractivity contribution < 1.29 is 9.18 Å². The van der Waals surface area contributed by atoms with Crippen LogP contribution in [0.25, 0.3) is 0 Å². The van der Waals surface area contributed by atoms with Gasteiger partial charge in [-0.25, -0.2) is 4.39 Å². The molecule has 17 heavy (non-hydrogen) atoms. The Morgan fingerprint density at radius 1 is 1.24 bits per heavy atom. The number of carbonyl (C=O) groups excluding carboxylic acids is 1. The minimum atomic E-state index is -0.345. The van der Waals surface area contributed by atoms with Crippen molar-refractivity contribution in [1.29, 1.82) is 0 Å². The molecule has 0 N–H and O–H groups in total. The number of carbonyl (C=O) groups is 1. The molecular formula is C13H19FN2O. The van der Waals surface area contributed by atoms with E-state index in [1.54, 1.807) is 24.1 Å². The Morgan fingerprint density at radius 3 is 2.53 bits per heavy atom. The summed E-state index contributed by atoms with van der Waals surface area (Å²) in [5, 5.41) is 0. The molecule has 0 amide bonds. The Bertz CT molecular complexity index is 380. The molecule has 0 aliphatic rings. The van der Waals surface area contributed by atoms with E-state index >= 15 is 0 Å². The van der Waals surface area contributed by atoms with E-state index in [9.17, 15) is 9.18 Å². The molecule has 4 heteroatoms. The molecule has 0 aliphatic carbocycles. The molecule has 0 aromatic heterocycles. The second-order valence-corrected chi connectivity index (χ2v) is 4.37. The smallest absolute Gasteiger partial charge is 0.152 e. The Labute approximate surface area is 102 Å². The zero-order valence-corrected chi connectivity index (χ0v) is 10.6. The number of hydrogen-bond acceptors (Lipinski definition) is 3. The summed E-state index contributed by atoms with van der Waals surface area (Å²) in [6, 6.07) is 4.56. The fourth-order valence-corrected chi connectivity index (χ4v) is 1.77. The quantitative estimate of drug-likeness (QED) is 0.708. The third kappa shape index (κ3) is 3.82. The lowest BCUT2D eigenvalue weighted by molar-refractivity contribution is 0.112. The predicted molar refractivity (Wildman–Crippen MR) is 68.2 cm³/mol. The topological polar surface area (TPSA) is 23.6 Å². The molecular weight excluding hydrogens is 219 g/mol. The molecule has 0 atom stereocenters. The van der Waals surface area contributed by atoms with E-state index < -0.39 is 0 Å². The molecule has 0 aliphatic heterocycles. The number of nitrogens with zero attached hydrogens (tertiary/aromatic N) is 2. The van der Waals surface area contributed by atoms with Crippen molar-refractivity contribution >= 4 is 12.0 Å². The fourth-order valence-electron chi connectivity index (χ4n) is 1.77. The second kappa shape index (κ2) is 6.35. The van der Waals surface area contributed by atoms with Gasteiger partial charge in [0.05, 0.1) is 5.69 Å². The molecule has 1 aromatic carbocycles. The van der Waals surface area contributed by atoms with Crippen LogP contribution in [0.2, 0.25) is 0 Å². The van der Waals surface area contributed by atoms with Gasteiger partial charge in [0, 0.05) is 19.2 Å². The first-order valence-electron chi connectivity index (χ1n) is 5.66. The number of para-hydroxylation sites is 1. The highest BCUT2D eigenvalue weighted by atomic mass is 19.1. The lowest BCUT2D eigenvalue weighted by atomic mass is 10.1. The SMILES string of the molecule is CN(C)CCCN(C)c1c(F)cccc1C=O. The molecule has 0 saturated heterocycles. The van der Waals surface area contributed by atoms with Crippen LogP contribution in [-0.2, 0) is 0 Å². The van der Waals surface area contributed by atoms with Crippen molar-refractivity contribution in [3.05, 3.63) is 29.6 Å². The van der Waals surface area contributed by atoms with Crippen LogP contribution in [0.15, 0.2) is 18.2 Å². The molecule has 0 saturated carbocycles. The van der Waals surface area contributed by atoms with Crippen molar-refractivity contribution in [3.63, 3.8) is 0 Å². The summed E-state index contributed by atoms with van der Waals surface area (Å²) in [5.74, 6) is -0.345. The summed E-state index contributed by atoms with van der Waals surface area (Å²) >= 11 is 0. The van der Waals surface area contributed by atoms with Gasteiger partial charge in [-0.1, -0.05) is 6.07 Å². The average molecular weight is 238 g/mol. The zero-order valence-electron chi connectivity index (χ0n) is 10.6. The van der Waals surface area contributed by atoms with Gasteiger partial charge in [0.1, 0.15) is 5.82 Å². The van der Waals surface area contributed by atoms with Gasteiger partial charge in [0.15, 0.2) is 6.29 Å². The highest BCUT2D eigenvalue weighted by Crippen LogP contribution is 2.22. The predicted octanol–water partition coefficient (Wildman–Crippen LogP) is 2.03. The van der Waals surface area contributed by atoms with Crippen molar-refractivity contribution in [2.45, 2.75) is 6.42 Å². The normalized spacial score (nSPS) is 10.6. The Hall–Kier alpha value is -1.42. The maximum Gasteiger partial charge on any atom is 0.152 e. The van der Waals surface area contributed by atoms with Crippen LogP contribution in [0.1, 0.15) is 16.8 Å². The number of rotatable bonds is 6. The fraction of sp³-hybridized carbons (Fsp3) is 0.462. The first-order valence-corrected chi connectivity index (χ1v) is 5.66. The van der Waals surface area contributed by atoms with Crippen LogP contribution in [-0.4, -0.2) is 45.4 Å². The molecule has 0 fully saturated rings. The van der Waals surface area contributed by atoms with E-state index in [1.807, 2.05) is 14.1 Å². The van der Waals surface area contributed by atoms with Gasteiger partial charge in [0.25, 0.3) is 0 Å². The summed E-state index contributed by atoms with van der Waals surface area (Å²) in [5.41, 5.74) is 0.790. The highest BCUT2D eigenvalue weighted by molar-refractivity contribution is 5.84. The van der Waals surface area contributed by atoms with Crippen molar-refractivity contribution in [3.8, 4) is 0 Å². The Balaban J connectivity index is 2.74. The lowest BCUT2D eigenvalue weighted by Gasteiger charge is -2.22. The minimum absolute atomic E-state index is 0.345. The third-order valence-electron chi connectivity index (χ3n) is 2.63. The maximum atomic E-state index is 13.7. The Morgan fingerprint density at radius 2 is 1.94 bits per heavy atom. The lowest BCUT2D eigenvalue weighted by Crippen LogP contribution is -2.25. The minimum Gasteiger partial charge on any atom is -0.372 e. The van der Waals surface area contributed by atoms with Crippen LogP contribution in [0.5, 0.6) is 0 Å². The van der Waals surface area contributed by atoms with E-state index in [4.69, 9.17) is 0 Å². The molecule has 0 unspecified atom stereocenters. The van der Waals surface area contributed by atoms with Crippen LogP contribution < -0.4 is 4.90 Å². The van der Waals surface area contributed by atoms with Crippen molar-refractivity contribution in [2.24, 2.45) is 0 Å². The van der Waals surface area contributed by atoms with Gasteiger partial charge in [-0.2, -0.15) is 0 Å². The van der Waals surface area contributed by atoms with Gasteiger partial charge in [-0.3, -0.25) is 4.79 Å². The summed E-state index contributed by atoms with van der Waals surface area (Å²) in [4.78, 5) is 14.7. The first kappa shape index (κ1) is 13.6. The van der Waals surface area contributed by atoms with Crippen LogP contribution in [0.4, 0.5) is 10.1 Å². The number of aldehydes is 1. The molecule has 0 bridgehead atoms. The average Bonchev–Trinajstić information content (AvgIpc) is 2.27. The van der Waals surface area contributed by atoms with Gasteiger partial charge in [0.2, 0.25) is 0 Å². The molecule has 1 rings (SSSR count). The molecule has 94 valence electrons. The van der Waals surface area contributed by atoms with Crippen molar-refractivity contribution in [1.82, 2.24) is 4.90 Å². The molecule has 0 radical (unpaired) electrons. The largest absolute Gasteiger partial charge is 0.372 e. The van der Waals surface area contributed by atoms with Gasteiger partial charge < -0.3 is 9.80 Å². The number of halogens is 1. The monoisotopic (exact) mass is 238 g/mol. The van der Waals surface area contributed by atoms with E-state index in [-0.39, 0.29) is 5.82 Å². The van der Waals surface area contributed by atoms with Gasteiger partial charge >= 0.3 is 0 Å². The van der Waals surface area contributed by atoms with E-state index in [0.29, 0.717) is 17.5 Å². The first-order chi connectivity index (χ1) is 8.06. The summed E-state index contributed by atoms with van der Waals surface area (Å²) < 4.78 is 13.7. The summed E-state index contributed by atoms with van der Waals surface area (Å²) in [6.45, 7) is 1.66. The van der Waals surface area contributed by atoms with Crippen LogP contribution in [0, 0.1) is 5.82 Å². The summed E-state index contributed by atoms with van der Waals surface area (Å²) in [7, 11) is 5.81. The number of anilines is 1. The van der Waals surface area contributed by atoms with Gasteiger partial charge in [-0.15, -0.1) is 0 Å². The maximum absolute atomic E-state index is 13.7. The van der Waals surface area contributed by atoms with Crippen LogP contribution in [0.3, 0.4) is 0 Å². The van der Waals surface area contributed by atoms with E-state index in [2.05, 4.69) is 4.90 Å². The highest BCUT2D eigenvalue weighted by Gasteiger charge is 2.12. The Kier molecular flexibility index (Phi) is 5.10. The zero-order chi connectivity index (χ0) is 12.8. The molecule has 0 spiro atoms. The second-order valence-electron chi connectivity index (χ2n) is 4.37. The van der Waals surface area contributed by atoms with E-state index in [0.717, 1.165) is 19.5 Å². The molecule has 0 heterocycles. The summed E-state index contributed by atoms with van der Waals surface area (Å²) in [6.07, 6.45) is 1.62. The third-order valence-corrected chi connectivity index (χ3v) is 2.63. The standard InChI is InChI=1S/C13H19FN2O/c1-15(2)8-5-9-16(3)13-11(10-17)6-4-7-12(13)14/h4,6-7,10H,5,8-9H2,1-3H3.